The molecule has 0 atom stereocenters. The van der Waals surface area contributed by atoms with Crippen molar-refractivity contribution in [2.24, 2.45) is 4.99 Å². The summed E-state index contributed by atoms with van der Waals surface area (Å²) < 4.78 is 7.08. The highest BCUT2D eigenvalue weighted by Gasteiger charge is 2.24. The van der Waals surface area contributed by atoms with Crippen LogP contribution in [0.4, 0.5) is 11.4 Å². The monoisotopic (exact) mass is 448 g/mol. The van der Waals surface area contributed by atoms with Crippen molar-refractivity contribution in [2.45, 2.75) is 13.8 Å². The molecule has 1 aliphatic rings. The van der Waals surface area contributed by atoms with Gasteiger partial charge in [-0.3, -0.25) is 14.9 Å². The highest BCUT2D eigenvalue weighted by atomic mass is 32.2. The molecule has 0 saturated carbocycles. The Morgan fingerprint density at radius 2 is 1.91 bits per heavy atom. The zero-order valence-electron chi connectivity index (χ0n) is 17.7. The maximum Gasteiger partial charge on any atom is 0.271 e. The molecule has 0 aliphatic carbocycles. The van der Waals surface area contributed by atoms with Gasteiger partial charge in [0, 0.05) is 23.5 Å². The number of aryl methyl sites for hydroxylation is 1. The lowest BCUT2D eigenvalue weighted by molar-refractivity contribution is -0.384. The molecular weight excluding hydrogens is 428 g/mol. The van der Waals surface area contributed by atoms with E-state index in [1.54, 1.807) is 25.3 Å². The molecule has 0 radical (unpaired) electrons. The number of non-ortho nitro benzene ring substituents is 1. The number of hydrogen-bond acceptors (Lipinski definition) is 6. The summed E-state index contributed by atoms with van der Waals surface area (Å²) >= 11 is 1.27. The third kappa shape index (κ3) is 4.28. The van der Waals surface area contributed by atoms with Gasteiger partial charge in [0.15, 0.2) is 5.17 Å². The van der Waals surface area contributed by atoms with E-state index in [0.29, 0.717) is 21.4 Å². The minimum atomic E-state index is -0.413. The number of thioether (sulfide) groups is 1. The van der Waals surface area contributed by atoms with Crippen molar-refractivity contribution in [3.63, 3.8) is 0 Å². The number of aromatic nitrogens is 1. The first-order chi connectivity index (χ1) is 15.4. The van der Waals surface area contributed by atoms with Crippen molar-refractivity contribution in [3.05, 3.63) is 86.6 Å². The van der Waals surface area contributed by atoms with Crippen molar-refractivity contribution in [1.82, 2.24) is 9.88 Å². The first-order valence-electron chi connectivity index (χ1n) is 9.73. The van der Waals surface area contributed by atoms with Crippen molar-refractivity contribution < 1.29 is 14.5 Å². The third-order valence-electron chi connectivity index (χ3n) is 5.01. The molecule has 0 bridgehead atoms. The fraction of sp³-hybridized carbons (Fsp3) is 0.130. The summed E-state index contributed by atoms with van der Waals surface area (Å²) in [7, 11) is 1.60. The van der Waals surface area contributed by atoms with Gasteiger partial charge in [-0.25, -0.2) is 4.99 Å². The van der Waals surface area contributed by atoms with Crippen LogP contribution in [-0.2, 0) is 4.79 Å². The second-order valence-electron chi connectivity index (χ2n) is 7.12. The van der Waals surface area contributed by atoms with Crippen LogP contribution in [0.5, 0.6) is 5.75 Å². The minimum absolute atomic E-state index is 0.0278. The number of rotatable bonds is 5. The van der Waals surface area contributed by atoms with Gasteiger partial charge in [0.1, 0.15) is 5.75 Å². The normalized spacial score (nSPS) is 15.9. The van der Waals surface area contributed by atoms with Gasteiger partial charge in [0.2, 0.25) is 0 Å². The fourth-order valence-electron chi connectivity index (χ4n) is 3.47. The number of nitrogens with zero attached hydrogens (tertiary/aromatic N) is 3. The average molecular weight is 449 g/mol. The fourth-order valence-corrected chi connectivity index (χ4v) is 4.31. The molecule has 8 nitrogen and oxygen atoms in total. The molecule has 2 aromatic carbocycles. The van der Waals surface area contributed by atoms with E-state index in [1.807, 2.05) is 48.8 Å². The van der Waals surface area contributed by atoms with Crippen molar-refractivity contribution in [2.75, 3.05) is 7.11 Å². The van der Waals surface area contributed by atoms with Gasteiger partial charge < -0.3 is 14.6 Å². The first kappa shape index (κ1) is 21.4. The quantitative estimate of drug-likeness (QED) is 0.340. The number of nitro groups is 1. The Morgan fingerprint density at radius 3 is 2.59 bits per heavy atom. The molecule has 1 fully saturated rings. The van der Waals surface area contributed by atoms with E-state index in [9.17, 15) is 14.9 Å². The third-order valence-corrected chi connectivity index (χ3v) is 5.92. The highest BCUT2D eigenvalue weighted by molar-refractivity contribution is 8.18. The van der Waals surface area contributed by atoms with E-state index in [0.717, 1.165) is 22.7 Å². The summed E-state index contributed by atoms with van der Waals surface area (Å²) in [5, 5.41) is 14.4. The second-order valence-corrected chi connectivity index (χ2v) is 8.15. The molecule has 32 heavy (non-hydrogen) atoms. The van der Waals surface area contributed by atoms with Crippen molar-refractivity contribution >= 4 is 40.3 Å². The van der Waals surface area contributed by atoms with Crippen molar-refractivity contribution in [1.29, 1.82) is 0 Å². The molecular formula is C23H20N4O4S. The number of carbonyl (C=O) groups excluding carboxylic acids is 1. The van der Waals surface area contributed by atoms with Gasteiger partial charge in [-0.1, -0.05) is 6.07 Å². The number of benzene rings is 2. The van der Waals surface area contributed by atoms with Gasteiger partial charge in [-0.2, -0.15) is 0 Å². The zero-order chi connectivity index (χ0) is 22.8. The number of methoxy groups -OCH3 is 1. The van der Waals surface area contributed by atoms with Crippen LogP contribution in [0.15, 0.2) is 64.5 Å². The first-order valence-corrected chi connectivity index (χ1v) is 10.5. The van der Waals surface area contributed by atoms with Gasteiger partial charge in [-0.05, 0) is 73.6 Å². The summed E-state index contributed by atoms with van der Waals surface area (Å²) in [6.45, 7) is 3.84. The molecule has 9 heteroatoms. The Hall–Kier alpha value is -3.85. The maximum absolute atomic E-state index is 12.5. The van der Waals surface area contributed by atoms with E-state index in [-0.39, 0.29) is 11.6 Å². The van der Waals surface area contributed by atoms with E-state index < -0.39 is 4.92 Å². The topological polar surface area (TPSA) is 98.8 Å². The molecule has 0 unspecified atom stereocenters. The lowest BCUT2D eigenvalue weighted by atomic mass is 10.2. The molecule has 1 aliphatic heterocycles. The Kier molecular flexibility index (Phi) is 5.83. The molecule has 0 spiro atoms. The molecule has 1 amide bonds. The number of aliphatic imine (C=N–C) groups is 1. The summed E-state index contributed by atoms with van der Waals surface area (Å²) in [6, 6.07) is 15.7. The van der Waals surface area contributed by atoms with Gasteiger partial charge in [-0.15, -0.1) is 0 Å². The molecule has 1 aromatic heterocycles. The molecule has 1 N–H and O–H groups in total. The number of amides is 1. The van der Waals surface area contributed by atoms with Gasteiger partial charge in [0.05, 0.1) is 28.3 Å². The number of ether oxygens (including phenoxy) is 1. The van der Waals surface area contributed by atoms with Crippen LogP contribution in [-0.4, -0.2) is 27.7 Å². The predicted octanol–water partition coefficient (Wildman–Crippen LogP) is 4.90. The summed E-state index contributed by atoms with van der Waals surface area (Å²) in [5.74, 6) is 0.513. The predicted molar refractivity (Wildman–Crippen MR) is 126 cm³/mol. The zero-order valence-corrected chi connectivity index (χ0v) is 18.5. The molecule has 3 aromatic rings. The number of amidine groups is 1. The van der Waals surface area contributed by atoms with Crippen molar-refractivity contribution in [3.8, 4) is 11.4 Å². The van der Waals surface area contributed by atoms with E-state index in [1.165, 1.54) is 23.9 Å². The average Bonchev–Trinajstić information content (AvgIpc) is 3.26. The lowest BCUT2D eigenvalue weighted by Gasteiger charge is -2.09. The van der Waals surface area contributed by atoms with Crippen LogP contribution >= 0.6 is 11.8 Å². The maximum atomic E-state index is 12.5. The molecule has 4 rings (SSSR count). The number of hydrogen-bond donors (Lipinski definition) is 1. The standard InChI is InChI=1S/C23H20N4O4S/c1-14-11-16(15(2)26(14)18-5-4-6-19(13-18)27(29)30)12-21-22(28)25-23(32-21)24-17-7-9-20(31-3)10-8-17/h4-13H,1-3H3,(H,24,25,28). The van der Waals surface area contributed by atoms with Crippen LogP contribution < -0.4 is 10.1 Å². The second kappa shape index (κ2) is 8.72. The number of carbonyl (C=O) groups is 1. The van der Waals surface area contributed by atoms with E-state index >= 15 is 0 Å². The van der Waals surface area contributed by atoms with E-state index in [2.05, 4.69) is 10.3 Å². The van der Waals surface area contributed by atoms with Crippen LogP contribution in [0.25, 0.3) is 11.8 Å². The molecule has 162 valence electrons. The van der Waals surface area contributed by atoms with Crippen LogP contribution in [0.3, 0.4) is 0 Å². The largest absolute Gasteiger partial charge is 0.497 e. The van der Waals surface area contributed by atoms with Crippen LogP contribution in [0.2, 0.25) is 0 Å². The highest BCUT2D eigenvalue weighted by Crippen LogP contribution is 2.31. The van der Waals surface area contributed by atoms with E-state index in [4.69, 9.17) is 4.74 Å². The minimum Gasteiger partial charge on any atom is -0.497 e. The number of nitrogens with one attached hydrogen (secondary N) is 1. The Morgan fingerprint density at radius 1 is 1.16 bits per heavy atom. The summed E-state index contributed by atoms with van der Waals surface area (Å²) in [6.07, 6.45) is 1.81. The van der Waals surface area contributed by atoms with Crippen LogP contribution in [0, 0.1) is 24.0 Å². The Labute approximate surface area is 188 Å². The van der Waals surface area contributed by atoms with Gasteiger partial charge in [0.25, 0.3) is 11.6 Å². The van der Waals surface area contributed by atoms with Gasteiger partial charge >= 0.3 is 0 Å². The molecule has 2 heterocycles. The smallest absolute Gasteiger partial charge is 0.271 e. The molecule has 1 saturated heterocycles. The SMILES string of the molecule is COc1ccc(N=C2NC(=O)C(=Cc3cc(C)n(-c4cccc([N+](=O)[O-])c4)c3C)S2)cc1. The number of nitro benzene ring substituents is 1. The summed E-state index contributed by atoms with van der Waals surface area (Å²) in [5.41, 5.74) is 4.08. The van der Waals surface area contributed by atoms with Crippen LogP contribution in [0.1, 0.15) is 17.0 Å². The lowest BCUT2D eigenvalue weighted by Crippen LogP contribution is -2.19. The Balaban J connectivity index is 1.62. The summed E-state index contributed by atoms with van der Waals surface area (Å²) in [4.78, 5) is 28.2. The Bertz CT molecular complexity index is 1280.